The molecule has 0 aliphatic heterocycles. The minimum Gasteiger partial charge on any atom is -0.437 e. The van der Waals surface area contributed by atoms with E-state index in [4.69, 9.17) is 9.16 Å². The monoisotopic (exact) mass is 206 g/mol. The summed E-state index contributed by atoms with van der Waals surface area (Å²) in [4.78, 5) is 20.3. The molecule has 0 rings (SSSR count). The molecule has 0 aromatic rings. The van der Waals surface area contributed by atoms with E-state index in [0.717, 1.165) is 0 Å². The summed E-state index contributed by atoms with van der Waals surface area (Å²) in [6, 6.07) is 0. The predicted molar refractivity (Wildman–Crippen MR) is 51.2 cm³/mol. The van der Waals surface area contributed by atoms with Crippen LogP contribution in [0.3, 0.4) is 0 Å². The summed E-state index contributed by atoms with van der Waals surface area (Å²) in [5.41, 5.74) is 0. The second-order valence-electron chi connectivity index (χ2n) is 3.25. The molecule has 1 unspecified atom stereocenters. The van der Waals surface area contributed by atoms with Gasteiger partial charge in [-0.1, -0.05) is 13.8 Å². The van der Waals surface area contributed by atoms with Crippen LogP contribution in [-0.4, -0.2) is 25.6 Å². The van der Waals surface area contributed by atoms with Gasteiger partial charge < -0.3 is 14.0 Å². The standard InChI is InChI=1S/C8H18O4Si/c1-5-7(9)11-8(6-2)12-13(3,4)10/h8,10H,5-6H2,1-4H3. The van der Waals surface area contributed by atoms with Gasteiger partial charge in [-0.15, -0.1) is 0 Å². The average Bonchev–Trinajstić information content (AvgIpc) is 2.00. The van der Waals surface area contributed by atoms with Crippen LogP contribution in [0.5, 0.6) is 0 Å². The Morgan fingerprint density at radius 1 is 1.46 bits per heavy atom. The first-order valence-corrected chi connectivity index (χ1v) is 7.34. The van der Waals surface area contributed by atoms with Gasteiger partial charge in [-0.2, -0.15) is 0 Å². The third-order valence-electron chi connectivity index (χ3n) is 1.30. The van der Waals surface area contributed by atoms with Crippen LogP contribution in [0.15, 0.2) is 0 Å². The molecule has 0 fully saturated rings. The molecule has 1 atom stereocenters. The highest BCUT2D eigenvalue weighted by atomic mass is 28.4. The zero-order valence-corrected chi connectivity index (χ0v) is 9.66. The molecule has 4 nitrogen and oxygen atoms in total. The van der Waals surface area contributed by atoms with Crippen molar-refractivity contribution in [2.24, 2.45) is 0 Å². The second-order valence-corrected chi connectivity index (χ2v) is 6.38. The van der Waals surface area contributed by atoms with Gasteiger partial charge in [-0.3, -0.25) is 4.79 Å². The fraction of sp³-hybridized carbons (Fsp3) is 0.875. The van der Waals surface area contributed by atoms with Gasteiger partial charge in [0.05, 0.1) is 0 Å². The zero-order chi connectivity index (χ0) is 10.5. The maximum absolute atomic E-state index is 10.9. The fourth-order valence-electron chi connectivity index (χ4n) is 0.742. The molecule has 0 radical (unpaired) electrons. The quantitative estimate of drug-likeness (QED) is 0.419. The Bertz CT molecular complexity index is 164. The lowest BCUT2D eigenvalue weighted by atomic mass is 10.4. The van der Waals surface area contributed by atoms with Crippen LogP contribution in [0.2, 0.25) is 13.1 Å². The molecule has 0 aliphatic carbocycles. The van der Waals surface area contributed by atoms with E-state index in [1.165, 1.54) is 0 Å². The SMILES string of the molecule is CCC(=O)OC(CC)O[Si](C)(C)O. The summed E-state index contributed by atoms with van der Waals surface area (Å²) in [6.45, 7) is 6.83. The molecule has 13 heavy (non-hydrogen) atoms. The van der Waals surface area contributed by atoms with Crippen LogP contribution in [0, 0.1) is 0 Å². The lowest BCUT2D eigenvalue weighted by Crippen LogP contribution is -2.37. The van der Waals surface area contributed by atoms with E-state index in [2.05, 4.69) is 0 Å². The van der Waals surface area contributed by atoms with Crippen molar-refractivity contribution in [2.45, 2.75) is 46.1 Å². The number of carbonyl (C=O) groups excluding carboxylic acids is 1. The van der Waals surface area contributed by atoms with Crippen molar-refractivity contribution >= 4 is 14.5 Å². The first kappa shape index (κ1) is 12.6. The van der Waals surface area contributed by atoms with Crippen LogP contribution in [0.4, 0.5) is 0 Å². The summed E-state index contributed by atoms with van der Waals surface area (Å²) in [5, 5.41) is 0. The predicted octanol–water partition coefficient (Wildman–Crippen LogP) is 1.39. The van der Waals surface area contributed by atoms with Gasteiger partial charge in [0.1, 0.15) is 0 Å². The minimum absolute atomic E-state index is 0.301. The number of carbonyl (C=O) groups is 1. The molecule has 0 spiro atoms. The summed E-state index contributed by atoms with van der Waals surface area (Å²) < 4.78 is 10.1. The number of hydrogen-bond donors (Lipinski definition) is 1. The maximum atomic E-state index is 10.9. The van der Waals surface area contributed by atoms with E-state index < -0.39 is 14.9 Å². The van der Waals surface area contributed by atoms with E-state index >= 15 is 0 Å². The Balaban J connectivity index is 3.97. The van der Waals surface area contributed by atoms with Gasteiger partial charge in [0, 0.05) is 12.8 Å². The van der Waals surface area contributed by atoms with Gasteiger partial charge in [0.2, 0.25) is 0 Å². The smallest absolute Gasteiger partial charge is 0.331 e. The molecular formula is C8H18O4Si. The van der Waals surface area contributed by atoms with E-state index in [9.17, 15) is 9.59 Å². The van der Waals surface area contributed by atoms with Crippen LogP contribution >= 0.6 is 0 Å². The van der Waals surface area contributed by atoms with Crippen molar-refractivity contribution in [3.05, 3.63) is 0 Å². The molecule has 1 N–H and O–H groups in total. The molecule has 0 aromatic heterocycles. The summed E-state index contributed by atoms with van der Waals surface area (Å²) in [7, 11) is -2.60. The molecule has 5 heteroatoms. The van der Waals surface area contributed by atoms with Crippen molar-refractivity contribution in [3.63, 3.8) is 0 Å². The Morgan fingerprint density at radius 2 is 2.00 bits per heavy atom. The number of ether oxygens (including phenoxy) is 1. The summed E-state index contributed by atoms with van der Waals surface area (Å²) in [6.07, 6.45) is 0.287. The van der Waals surface area contributed by atoms with Gasteiger partial charge in [0.25, 0.3) is 0 Å². The Hall–Kier alpha value is -0.393. The zero-order valence-electron chi connectivity index (χ0n) is 8.66. The first-order valence-electron chi connectivity index (χ1n) is 4.48. The first-order chi connectivity index (χ1) is 5.89. The van der Waals surface area contributed by atoms with Gasteiger partial charge in [-0.05, 0) is 13.1 Å². The highest BCUT2D eigenvalue weighted by molar-refractivity contribution is 6.63. The third kappa shape index (κ3) is 6.74. The average molecular weight is 206 g/mol. The topological polar surface area (TPSA) is 55.8 Å². The molecule has 78 valence electrons. The summed E-state index contributed by atoms with van der Waals surface area (Å²) in [5.74, 6) is -0.301. The number of rotatable bonds is 5. The van der Waals surface area contributed by atoms with Crippen molar-refractivity contribution in [1.82, 2.24) is 0 Å². The van der Waals surface area contributed by atoms with E-state index in [1.54, 1.807) is 20.0 Å². The molecule has 0 saturated heterocycles. The third-order valence-corrected chi connectivity index (χ3v) is 2.14. The minimum atomic E-state index is -2.60. The molecule has 0 saturated carbocycles. The van der Waals surface area contributed by atoms with Crippen LogP contribution in [0.25, 0.3) is 0 Å². The van der Waals surface area contributed by atoms with E-state index in [-0.39, 0.29) is 5.97 Å². The van der Waals surface area contributed by atoms with Gasteiger partial charge in [-0.25, -0.2) is 0 Å². The summed E-state index contributed by atoms with van der Waals surface area (Å²) >= 11 is 0. The van der Waals surface area contributed by atoms with Crippen molar-refractivity contribution < 1.29 is 18.8 Å². The van der Waals surface area contributed by atoms with Gasteiger partial charge in [0.15, 0.2) is 6.29 Å². The number of esters is 1. The Morgan fingerprint density at radius 3 is 2.31 bits per heavy atom. The van der Waals surface area contributed by atoms with Crippen LogP contribution in [0.1, 0.15) is 26.7 Å². The molecule has 0 aliphatic rings. The van der Waals surface area contributed by atoms with E-state index in [1.807, 2.05) is 6.92 Å². The largest absolute Gasteiger partial charge is 0.437 e. The van der Waals surface area contributed by atoms with E-state index in [0.29, 0.717) is 12.8 Å². The normalized spacial score (nSPS) is 13.9. The lowest BCUT2D eigenvalue weighted by molar-refractivity contribution is -0.166. The van der Waals surface area contributed by atoms with Gasteiger partial charge >= 0.3 is 14.5 Å². The molecule has 0 amide bonds. The van der Waals surface area contributed by atoms with Crippen molar-refractivity contribution in [2.75, 3.05) is 0 Å². The molecular weight excluding hydrogens is 188 g/mol. The lowest BCUT2D eigenvalue weighted by Gasteiger charge is -2.23. The van der Waals surface area contributed by atoms with Crippen molar-refractivity contribution in [3.8, 4) is 0 Å². The molecule has 0 bridgehead atoms. The second kappa shape index (κ2) is 5.36. The highest BCUT2D eigenvalue weighted by Gasteiger charge is 2.25. The highest BCUT2D eigenvalue weighted by Crippen LogP contribution is 2.09. The number of hydrogen-bond acceptors (Lipinski definition) is 4. The Kier molecular flexibility index (Phi) is 5.20. The fourth-order valence-corrected chi connectivity index (χ4v) is 1.60. The van der Waals surface area contributed by atoms with Crippen LogP contribution < -0.4 is 0 Å². The van der Waals surface area contributed by atoms with Crippen LogP contribution in [-0.2, 0) is 14.0 Å². The molecule has 0 heterocycles. The molecule has 0 aromatic carbocycles. The van der Waals surface area contributed by atoms with Crippen molar-refractivity contribution in [1.29, 1.82) is 0 Å². The maximum Gasteiger partial charge on any atom is 0.331 e. The Labute approximate surface area is 80.1 Å².